The van der Waals surface area contributed by atoms with Crippen molar-refractivity contribution in [2.45, 2.75) is 12.1 Å². The molecule has 27 heavy (non-hydrogen) atoms. The van der Waals surface area contributed by atoms with Crippen LogP contribution < -0.4 is 10.1 Å². The molecule has 0 radical (unpaired) electrons. The van der Waals surface area contributed by atoms with Crippen LogP contribution in [0.25, 0.3) is 11.2 Å². The molecule has 0 unspecified atom stereocenters. The van der Waals surface area contributed by atoms with E-state index >= 15 is 0 Å². The minimum atomic E-state index is -0.533. The molecular formula is C16H14ClN5O4S. The molecule has 1 amide bonds. The number of thioether (sulfide) groups is 1. The van der Waals surface area contributed by atoms with Crippen molar-refractivity contribution < 1.29 is 14.5 Å². The Labute approximate surface area is 162 Å². The van der Waals surface area contributed by atoms with Gasteiger partial charge in [-0.1, -0.05) is 23.4 Å². The van der Waals surface area contributed by atoms with Gasteiger partial charge in [-0.15, -0.1) is 0 Å². The summed E-state index contributed by atoms with van der Waals surface area (Å²) in [6.07, 6.45) is 1.50. The number of nitro groups is 1. The van der Waals surface area contributed by atoms with Gasteiger partial charge in [0.2, 0.25) is 5.91 Å². The number of pyridine rings is 1. The number of nitro benzene ring substituents is 1. The number of hydrogen-bond donors (Lipinski definition) is 2. The van der Waals surface area contributed by atoms with Gasteiger partial charge in [-0.25, -0.2) is 9.97 Å². The molecule has 140 valence electrons. The van der Waals surface area contributed by atoms with Crippen molar-refractivity contribution in [1.29, 1.82) is 0 Å². The summed E-state index contributed by atoms with van der Waals surface area (Å²) in [6.45, 7) is 1.67. The van der Waals surface area contributed by atoms with Gasteiger partial charge < -0.3 is 15.0 Å². The Morgan fingerprint density at radius 2 is 2.22 bits per heavy atom. The molecule has 11 heteroatoms. The van der Waals surface area contributed by atoms with E-state index in [1.165, 1.54) is 37.2 Å². The van der Waals surface area contributed by atoms with Gasteiger partial charge in [0.05, 0.1) is 28.3 Å². The maximum Gasteiger partial charge on any atom is 0.311 e. The third kappa shape index (κ3) is 4.29. The van der Waals surface area contributed by atoms with Crippen LogP contribution in [-0.2, 0) is 4.79 Å². The lowest BCUT2D eigenvalue weighted by Gasteiger charge is -2.10. The van der Waals surface area contributed by atoms with Crippen LogP contribution in [0.15, 0.2) is 29.6 Å². The number of imidazole rings is 1. The molecule has 0 atom stereocenters. The van der Waals surface area contributed by atoms with Crippen LogP contribution in [0.3, 0.4) is 0 Å². The number of nitrogens with one attached hydrogen (secondary N) is 2. The highest BCUT2D eigenvalue weighted by Crippen LogP contribution is 2.33. The first-order valence-electron chi connectivity index (χ1n) is 7.64. The van der Waals surface area contributed by atoms with E-state index in [1.807, 2.05) is 0 Å². The number of nitrogens with zero attached hydrogens (tertiary/aromatic N) is 3. The Morgan fingerprint density at radius 1 is 1.44 bits per heavy atom. The van der Waals surface area contributed by atoms with Gasteiger partial charge in [-0.05, 0) is 18.6 Å². The second-order valence-corrected chi connectivity index (χ2v) is 6.90. The van der Waals surface area contributed by atoms with Gasteiger partial charge in [0, 0.05) is 24.0 Å². The molecular weight excluding hydrogens is 394 g/mol. The second-order valence-electron chi connectivity index (χ2n) is 5.50. The fraction of sp³-hybridized carbons (Fsp3) is 0.188. The predicted octanol–water partition coefficient (Wildman–Crippen LogP) is 3.57. The van der Waals surface area contributed by atoms with Crippen molar-refractivity contribution in [2.75, 3.05) is 18.2 Å². The van der Waals surface area contributed by atoms with E-state index in [4.69, 9.17) is 16.3 Å². The first-order valence-corrected chi connectivity index (χ1v) is 9.00. The molecule has 0 bridgehead atoms. The Bertz CT molecular complexity index is 1040. The largest absolute Gasteiger partial charge is 0.490 e. The fourth-order valence-electron chi connectivity index (χ4n) is 2.35. The summed E-state index contributed by atoms with van der Waals surface area (Å²) < 4.78 is 5.03. The van der Waals surface area contributed by atoms with E-state index in [0.29, 0.717) is 32.6 Å². The number of hydrogen-bond acceptors (Lipinski definition) is 7. The van der Waals surface area contributed by atoms with Gasteiger partial charge in [0.15, 0.2) is 16.6 Å². The molecule has 0 saturated carbocycles. The average Bonchev–Trinajstić information content (AvgIpc) is 3.03. The van der Waals surface area contributed by atoms with Crippen LogP contribution in [0.4, 0.5) is 11.4 Å². The van der Waals surface area contributed by atoms with Crippen LogP contribution in [0.5, 0.6) is 5.75 Å². The Kier molecular flexibility index (Phi) is 5.47. The lowest BCUT2D eigenvalue weighted by molar-refractivity contribution is -0.385. The molecule has 3 rings (SSSR count). The summed E-state index contributed by atoms with van der Waals surface area (Å²) in [5, 5.41) is 14.8. The van der Waals surface area contributed by atoms with Gasteiger partial charge in [-0.3, -0.25) is 14.9 Å². The molecule has 1 aromatic carbocycles. The van der Waals surface area contributed by atoms with E-state index in [0.717, 1.165) is 0 Å². The number of carbonyl (C=O) groups excluding carboxylic acids is 1. The highest BCUT2D eigenvalue weighted by atomic mass is 35.5. The van der Waals surface area contributed by atoms with Crippen LogP contribution in [0.2, 0.25) is 5.02 Å². The maximum absolute atomic E-state index is 12.2. The molecule has 2 heterocycles. The maximum atomic E-state index is 12.2. The van der Waals surface area contributed by atoms with Crippen LogP contribution in [0.1, 0.15) is 5.56 Å². The van der Waals surface area contributed by atoms with E-state index in [2.05, 4.69) is 20.3 Å². The standard InChI is InChI=1S/C16H14ClN5O4S/c1-8-3-12(22(24)25)13(26-2)5-10(8)19-14(23)7-27-16-20-11-4-9(17)6-18-15(11)21-16/h3-6H,7H2,1-2H3,(H,19,23)(H,18,20,21). The van der Waals surface area contributed by atoms with Crippen molar-refractivity contribution in [3.63, 3.8) is 0 Å². The summed E-state index contributed by atoms with van der Waals surface area (Å²) in [5.74, 6) is -0.119. The number of fused-ring (bicyclic) bond motifs is 1. The lowest BCUT2D eigenvalue weighted by atomic mass is 10.1. The van der Waals surface area contributed by atoms with Crippen molar-refractivity contribution in [1.82, 2.24) is 15.0 Å². The number of methoxy groups -OCH3 is 1. The number of anilines is 1. The molecule has 3 aromatic rings. The number of halogens is 1. The number of H-pyrrole nitrogens is 1. The summed E-state index contributed by atoms with van der Waals surface area (Å²) in [6, 6.07) is 4.49. The summed E-state index contributed by atoms with van der Waals surface area (Å²) >= 11 is 7.08. The third-order valence-corrected chi connectivity index (χ3v) is 4.70. The normalized spacial score (nSPS) is 10.8. The van der Waals surface area contributed by atoms with E-state index in [-0.39, 0.29) is 23.1 Å². The zero-order valence-corrected chi connectivity index (χ0v) is 15.8. The number of aromatic nitrogens is 3. The van der Waals surface area contributed by atoms with Gasteiger partial charge in [0.1, 0.15) is 0 Å². The minimum absolute atomic E-state index is 0.0776. The van der Waals surface area contributed by atoms with Crippen LogP contribution in [0, 0.1) is 17.0 Å². The highest BCUT2D eigenvalue weighted by molar-refractivity contribution is 7.99. The molecule has 2 N–H and O–H groups in total. The second kappa shape index (κ2) is 7.80. The fourth-order valence-corrected chi connectivity index (χ4v) is 3.19. The molecule has 9 nitrogen and oxygen atoms in total. The molecule has 0 aliphatic heterocycles. The van der Waals surface area contributed by atoms with Crippen LogP contribution in [-0.4, -0.2) is 38.6 Å². The zero-order valence-electron chi connectivity index (χ0n) is 14.3. The Hall–Kier alpha value is -2.85. The average molecular weight is 408 g/mol. The minimum Gasteiger partial charge on any atom is -0.490 e. The first-order chi connectivity index (χ1) is 12.9. The summed E-state index contributed by atoms with van der Waals surface area (Å²) in [7, 11) is 1.33. The van der Waals surface area contributed by atoms with Crippen LogP contribution >= 0.6 is 23.4 Å². The molecule has 0 aliphatic carbocycles. The molecule has 2 aromatic heterocycles. The topological polar surface area (TPSA) is 123 Å². The molecule has 0 fully saturated rings. The van der Waals surface area contributed by atoms with E-state index in [9.17, 15) is 14.9 Å². The Balaban J connectivity index is 1.69. The SMILES string of the molecule is COc1cc(NC(=O)CSc2nc3ncc(Cl)cc3[nH]2)c(C)cc1[N+](=O)[O-]. The lowest BCUT2D eigenvalue weighted by Crippen LogP contribution is -2.15. The van der Waals surface area contributed by atoms with Crippen molar-refractivity contribution in [3.8, 4) is 5.75 Å². The van der Waals surface area contributed by atoms with Crippen molar-refractivity contribution in [3.05, 3.63) is 45.1 Å². The smallest absolute Gasteiger partial charge is 0.311 e. The molecule has 0 saturated heterocycles. The first kappa shape index (κ1) is 18.9. The molecule has 0 spiro atoms. The van der Waals surface area contributed by atoms with Crippen molar-refractivity contribution >= 4 is 51.8 Å². The monoisotopic (exact) mass is 407 g/mol. The third-order valence-electron chi connectivity index (χ3n) is 3.62. The highest BCUT2D eigenvalue weighted by Gasteiger charge is 2.18. The van der Waals surface area contributed by atoms with E-state index in [1.54, 1.807) is 13.0 Å². The van der Waals surface area contributed by atoms with Gasteiger partial charge >= 0.3 is 5.69 Å². The number of benzene rings is 1. The summed E-state index contributed by atoms with van der Waals surface area (Å²) in [4.78, 5) is 34.1. The predicted molar refractivity (Wildman–Crippen MR) is 103 cm³/mol. The van der Waals surface area contributed by atoms with E-state index < -0.39 is 4.92 Å². The zero-order chi connectivity index (χ0) is 19.6. The number of amides is 1. The summed E-state index contributed by atoms with van der Waals surface area (Å²) in [5.41, 5.74) is 2.04. The number of rotatable bonds is 6. The van der Waals surface area contributed by atoms with Gasteiger partial charge in [0.25, 0.3) is 0 Å². The Morgan fingerprint density at radius 3 is 2.93 bits per heavy atom. The number of ether oxygens (including phenoxy) is 1. The van der Waals surface area contributed by atoms with Crippen molar-refractivity contribution in [2.24, 2.45) is 0 Å². The molecule has 0 aliphatic rings. The van der Waals surface area contributed by atoms with Gasteiger partial charge in [-0.2, -0.15) is 0 Å². The number of aryl methyl sites for hydroxylation is 1. The number of carbonyl (C=O) groups is 1. The quantitative estimate of drug-likeness (QED) is 0.363. The number of aromatic amines is 1.